The Morgan fingerprint density at radius 3 is 2.60 bits per heavy atom. The Morgan fingerprint density at radius 1 is 1.32 bits per heavy atom. The van der Waals surface area contributed by atoms with Crippen molar-refractivity contribution >= 4 is 27.7 Å². The molecule has 1 amide bonds. The van der Waals surface area contributed by atoms with E-state index in [2.05, 4.69) is 11.0 Å². The summed E-state index contributed by atoms with van der Waals surface area (Å²) in [6.45, 7) is 0.0274. The van der Waals surface area contributed by atoms with Crippen LogP contribution < -0.4 is 4.72 Å². The van der Waals surface area contributed by atoms with Gasteiger partial charge in [0.1, 0.15) is 5.82 Å². The summed E-state index contributed by atoms with van der Waals surface area (Å²) >= 11 is 1.87. The molecule has 0 aliphatic carbocycles. The molecule has 2 saturated heterocycles. The van der Waals surface area contributed by atoms with Crippen LogP contribution in [0.2, 0.25) is 0 Å². The predicted molar refractivity (Wildman–Crippen MR) is 96.4 cm³/mol. The van der Waals surface area contributed by atoms with Crippen molar-refractivity contribution in [2.24, 2.45) is 0 Å². The van der Waals surface area contributed by atoms with Crippen LogP contribution in [0.5, 0.6) is 0 Å². The molecular weight excluding hydrogens is 363 g/mol. The number of halogens is 1. The van der Waals surface area contributed by atoms with Crippen molar-refractivity contribution in [1.29, 1.82) is 0 Å². The third kappa shape index (κ3) is 4.17. The standard InChI is InChI=1S/C17H23FN2O3S2/c1-24-15-10-13-5-6-14(11-15)20(13)17(21)7-8-19-25(22,23)16-4-2-3-12(18)9-16/h2-4,9,13-15,19H,5-8,10-11H2,1H3. The minimum Gasteiger partial charge on any atom is -0.337 e. The summed E-state index contributed by atoms with van der Waals surface area (Å²) in [5, 5.41) is 0.619. The predicted octanol–water partition coefficient (Wildman–Crippen LogP) is 2.38. The first kappa shape index (κ1) is 18.7. The van der Waals surface area contributed by atoms with E-state index in [1.54, 1.807) is 0 Å². The van der Waals surface area contributed by atoms with Gasteiger partial charge in [-0.15, -0.1) is 0 Å². The molecule has 5 nitrogen and oxygen atoms in total. The Labute approximate surface area is 152 Å². The zero-order chi connectivity index (χ0) is 18.0. The maximum atomic E-state index is 13.2. The van der Waals surface area contributed by atoms with Crippen LogP contribution in [-0.4, -0.2) is 49.4 Å². The van der Waals surface area contributed by atoms with Gasteiger partial charge < -0.3 is 4.90 Å². The largest absolute Gasteiger partial charge is 0.337 e. The number of hydrogen-bond acceptors (Lipinski definition) is 4. The Bertz CT molecular complexity index is 727. The average molecular weight is 387 g/mol. The van der Waals surface area contributed by atoms with Crippen LogP contribution >= 0.6 is 11.8 Å². The molecule has 1 aromatic carbocycles. The van der Waals surface area contributed by atoms with Crippen LogP contribution in [0.25, 0.3) is 0 Å². The molecule has 0 saturated carbocycles. The quantitative estimate of drug-likeness (QED) is 0.815. The normalized spacial score (nSPS) is 26.0. The van der Waals surface area contributed by atoms with Gasteiger partial charge in [0.15, 0.2) is 0 Å². The number of amides is 1. The topological polar surface area (TPSA) is 66.5 Å². The van der Waals surface area contributed by atoms with E-state index in [4.69, 9.17) is 0 Å². The number of fused-ring (bicyclic) bond motifs is 2. The van der Waals surface area contributed by atoms with Gasteiger partial charge in [0.2, 0.25) is 15.9 Å². The Kier molecular flexibility index (Phi) is 5.70. The third-order valence-electron chi connectivity index (χ3n) is 5.05. The van der Waals surface area contributed by atoms with E-state index < -0.39 is 15.8 Å². The van der Waals surface area contributed by atoms with Crippen LogP contribution in [0.15, 0.2) is 29.2 Å². The number of nitrogens with zero attached hydrogens (tertiary/aromatic N) is 1. The second-order valence-corrected chi connectivity index (χ2v) is 9.53. The lowest BCUT2D eigenvalue weighted by Crippen LogP contribution is -2.48. The molecular formula is C17H23FN2O3S2. The molecule has 0 radical (unpaired) electrons. The summed E-state index contributed by atoms with van der Waals surface area (Å²) in [6, 6.07) is 5.43. The van der Waals surface area contributed by atoms with E-state index in [1.165, 1.54) is 18.2 Å². The molecule has 138 valence electrons. The van der Waals surface area contributed by atoms with Crippen molar-refractivity contribution in [3.8, 4) is 0 Å². The maximum absolute atomic E-state index is 13.2. The molecule has 2 heterocycles. The monoisotopic (exact) mass is 386 g/mol. The van der Waals surface area contributed by atoms with Gasteiger partial charge in [-0.3, -0.25) is 4.79 Å². The van der Waals surface area contributed by atoms with Gasteiger partial charge >= 0.3 is 0 Å². The lowest BCUT2D eigenvalue weighted by Gasteiger charge is -2.38. The zero-order valence-corrected chi connectivity index (χ0v) is 15.8. The van der Waals surface area contributed by atoms with Gasteiger partial charge in [0.25, 0.3) is 0 Å². The molecule has 0 spiro atoms. The lowest BCUT2D eigenvalue weighted by molar-refractivity contribution is -0.135. The molecule has 1 N–H and O–H groups in total. The van der Waals surface area contributed by atoms with E-state index in [0.717, 1.165) is 31.7 Å². The summed E-state index contributed by atoms with van der Waals surface area (Å²) < 4.78 is 39.9. The summed E-state index contributed by atoms with van der Waals surface area (Å²) in [6.07, 6.45) is 6.39. The molecule has 2 aliphatic heterocycles. The lowest BCUT2D eigenvalue weighted by atomic mass is 10.0. The SMILES string of the molecule is CSC1CC2CCC(C1)N2C(=O)CCNS(=O)(=O)c1cccc(F)c1. The molecule has 1 aromatic rings. The number of sulfonamides is 1. The fourth-order valence-corrected chi connectivity index (χ4v) is 5.76. The van der Waals surface area contributed by atoms with E-state index in [9.17, 15) is 17.6 Å². The molecule has 0 aromatic heterocycles. The highest BCUT2D eigenvalue weighted by Crippen LogP contribution is 2.39. The van der Waals surface area contributed by atoms with Gasteiger partial charge in [-0.05, 0) is 50.1 Å². The first-order chi connectivity index (χ1) is 11.9. The number of piperidine rings is 1. The number of hydrogen-bond donors (Lipinski definition) is 1. The van der Waals surface area contributed by atoms with Crippen LogP contribution in [0.4, 0.5) is 4.39 Å². The van der Waals surface area contributed by atoms with Crippen LogP contribution in [0, 0.1) is 5.82 Å². The highest BCUT2D eigenvalue weighted by molar-refractivity contribution is 7.99. The van der Waals surface area contributed by atoms with Crippen LogP contribution in [0.1, 0.15) is 32.1 Å². The number of thioether (sulfide) groups is 1. The van der Waals surface area contributed by atoms with E-state index in [1.807, 2.05) is 16.7 Å². The van der Waals surface area contributed by atoms with Crippen LogP contribution in [-0.2, 0) is 14.8 Å². The van der Waals surface area contributed by atoms with Crippen molar-refractivity contribution in [2.75, 3.05) is 12.8 Å². The molecule has 2 bridgehead atoms. The Balaban J connectivity index is 1.55. The molecule has 2 atom stereocenters. The average Bonchev–Trinajstić information content (AvgIpc) is 2.85. The second kappa shape index (κ2) is 7.63. The molecule has 3 rings (SSSR count). The fraction of sp³-hybridized carbons (Fsp3) is 0.588. The molecule has 2 aliphatic rings. The number of rotatable bonds is 6. The Morgan fingerprint density at radius 2 is 2.00 bits per heavy atom. The summed E-state index contributed by atoms with van der Waals surface area (Å²) in [5.41, 5.74) is 0. The number of carbonyl (C=O) groups is 1. The summed E-state index contributed by atoms with van der Waals surface area (Å²) in [4.78, 5) is 14.4. The maximum Gasteiger partial charge on any atom is 0.240 e. The van der Waals surface area contributed by atoms with Crippen LogP contribution in [0.3, 0.4) is 0 Å². The first-order valence-electron chi connectivity index (χ1n) is 8.50. The number of carbonyl (C=O) groups excluding carboxylic acids is 1. The van der Waals surface area contributed by atoms with E-state index >= 15 is 0 Å². The van der Waals surface area contributed by atoms with Gasteiger partial charge in [-0.1, -0.05) is 6.07 Å². The minimum absolute atomic E-state index is 0.00833. The molecule has 8 heteroatoms. The minimum atomic E-state index is -3.80. The fourth-order valence-electron chi connectivity index (χ4n) is 3.87. The van der Waals surface area contributed by atoms with Gasteiger partial charge in [0.05, 0.1) is 4.90 Å². The summed E-state index contributed by atoms with van der Waals surface area (Å²) in [7, 11) is -3.80. The van der Waals surface area contributed by atoms with Crippen molar-refractivity contribution in [2.45, 2.75) is 54.3 Å². The van der Waals surface area contributed by atoms with Crippen molar-refractivity contribution in [3.05, 3.63) is 30.1 Å². The van der Waals surface area contributed by atoms with E-state index in [0.29, 0.717) is 17.3 Å². The molecule has 2 fully saturated rings. The van der Waals surface area contributed by atoms with Crippen molar-refractivity contribution < 1.29 is 17.6 Å². The number of nitrogens with one attached hydrogen (secondary N) is 1. The first-order valence-corrected chi connectivity index (χ1v) is 11.3. The highest BCUT2D eigenvalue weighted by Gasteiger charge is 2.42. The molecule has 2 unspecified atom stereocenters. The van der Waals surface area contributed by atoms with Crippen molar-refractivity contribution in [3.63, 3.8) is 0 Å². The second-order valence-electron chi connectivity index (χ2n) is 6.62. The van der Waals surface area contributed by atoms with Gasteiger partial charge in [-0.2, -0.15) is 11.8 Å². The Hall–Kier alpha value is -1.12. The summed E-state index contributed by atoms with van der Waals surface area (Å²) in [5.74, 6) is -0.596. The smallest absolute Gasteiger partial charge is 0.240 e. The third-order valence-corrected chi connectivity index (χ3v) is 7.56. The van der Waals surface area contributed by atoms with Gasteiger partial charge in [0, 0.05) is 30.3 Å². The number of benzene rings is 1. The molecule has 25 heavy (non-hydrogen) atoms. The van der Waals surface area contributed by atoms with Gasteiger partial charge in [-0.25, -0.2) is 17.5 Å². The van der Waals surface area contributed by atoms with E-state index in [-0.39, 0.29) is 23.8 Å². The van der Waals surface area contributed by atoms with Crippen molar-refractivity contribution in [1.82, 2.24) is 9.62 Å². The zero-order valence-electron chi connectivity index (χ0n) is 14.2. The highest BCUT2D eigenvalue weighted by atomic mass is 32.2.